The fourth-order valence-electron chi connectivity index (χ4n) is 1.89. The molecule has 2 nitrogen and oxygen atoms in total. The number of fused-ring (bicyclic) bond motifs is 1. The van der Waals surface area contributed by atoms with Gasteiger partial charge >= 0.3 is 0 Å². The molecule has 0 spiro atoms. The molecule has 16 heavy (non-hydrogen) atoms. The van der Waals surface area contributed by atoms with Crippen LogP contribution in [0.25, 0.3) is 15.5 Å². The van der Waals surface area contributed by atoms with Crippen LogP contribution in [0.4, 0.5) is 0 Å². The molecule has 2 rings (SSSR count). The molecule has 0 aliphatic rings. The van der Waals surface area contributed by atoms with E-state index in [4.69, 9.17) is 0 Å². The van der Waals surface area contributed by atoms with Gasteiger partial charge in [0.1, 0.15) is 5.65 Å². The van der Waals surface area contributed by atoms with Crippen LogP contribution in [-0.2, 0) is 6.42 Å². The Balaban J connectivity index is 2.69. The van der Waals surface area contributed by atoms with Crippen molar-refractivity contribution in [1.29, 1.82) is 0 Å². The minimum Gasteiger partial charge on any atom is -0.343 e. The molecule has 0 fully saturated rings. The smallest absolute Gasteiger partial charge is 0.138 e. The van der Waals surface area contributed by atoms with Gasteiger partial charge in [-0.3, -0.25) is 0 Å². The van der Waals surface area contributed by atoms with Crippen molar-refractivity contribution in [3.8, 4) is 0 Å². The van der Waals surface area contributed by atoms with Crippen molar-refractivity contribution in [2.45, 2.75) is 26.7 Å². The van der Waals surface area contributed by atoms with Crippen molar-refractivity contribution in [3.63, 3.8) is 0 Å². The first-order valence-electron chi connectivity index (χ1n) is 5.59. The Hall–Kier alpha value is -1.09. The number of pyridine rings is 1. The number of nitrogens with one attached hydrogen (secondary N) is 1. The summed E-state index contributed by atoms with van der Waals surface area (Å²) in [6, 6.07) is 4.09. The summed E-state index contributed by atoms with van der Waals surface area (Å²) in [5, 5.41) is 1.19. The minimum atomic E-state index is 0.968. The first kappa shape index (κ1) is 11.4. The molecule has 0 unspecified atom stereocenters. The lowest BCUT2D eigenvalue weighted by molar-refractivity contribution is 1.06. The normalized spacial score (nSPS) is 12.3. The molecule has 0 saturated heterocycles. The Morgan fingerprint density at radius 2 is 2.31 bits per heavy atom. The zero-order valence-electron chi connectivity index (χ0n) is 9.55. The number of hydrogen-bond acceptors (Lipinski definition) is 1. The molecule has 0 amide bonds. The van der Waals surface area contributed by atoms with Crippen molar-refractivity contribution >= 4 is 31.4 Å². The van der Waals surface area contributed by atoms with Gasteiger partial charge < -0.3 is 4.98 Å². The maximum atomic E-state index is 4.35. The SMILES string of the molecule is CC/C=C(/Br)c1c(CC)[nH]c2ncccc12. The second-order valence-corrected chi connectivity index (χ2v) is 4.55. The summed E-state index contributed by atoms with van der Waals surface area (Å²) in [4.78, 5) is 7.72. The molecular weight excluding hydrogens is 264 g/mol. The molecule has 0 bridgehead atoms. The average molecular weight is 279 g/mol. The lowest BCUT2D eigenvalue weighted by Crippen LogP contribution is -1.85. The van der Waals surface area contributed by atoms with Crippen molar-refractivity contribution in [3.05, 3.63) is 35.7 Å². The molecule has 84 valence electrons. The number of aromatic nitrogens is 2. The molecule has 0 aromatic carbocycles. The quantitative estimate of drug-likeness (QED) is 0.893. The Labute approximate surface area is 104 Å². The van der Waals surface area contributed by atoms with Crippen LogP contribution in [0.5, 0.6) is 0 Å². The molecule has 2 aromatic rings. The number of hydrogen-bond donors (Lipinski definition) is 1. The lowest BCUT2D eigenvalue weighted by atomic mass is 10.1. The Bertz CT molecular complexity index is 526. The van der Waals surface area contributed by atoms with Crippen LogP contribution >= 0.6 is 15.9 Å². The van der Waals surface area contributed by atoms with Crippen LogP contribution in [0, 0.1) is 0 Å². The largest absolute Gasteiger partial charge is 0.343 e. The summed E-state index contributed by atoms with van der Waals surface area (Å²) < 4.78 is 1.16. The molecule has 0 aliphatic heterocycles. The summed E-state index contributed by atoms with van der Waals surface area (Å²) in [6.07, 6.45) is 6.02. The predicted molar refractivity (Wildman–Crippen MR) is 72.7 cm³/mol. The number of aryl methyl sites for hydroxylation is 1. The van der Waals surface area contributed by atoms with E-state index in [0.29, 0.717) is 0 Å². The van der Waals surface area contributed by atoms with Gasteiger partial charge in [-0.2, -0.15) is 0 Å². The highest BCUT2D eigenvalue weighted by Crippen LogP contribution is 2.32. The van der Waals surface area contributed by atoms with E-state index in [0.717, 1.165) is 23.0 Å². The standard InChI is InChI=1S/C13H15BrN2/c1-3-6-10(14)12-9-7-5-8-15-13(9)16-11(12)4-2/h5-8H,3-4H2,1-2H3,(H,15,16)/b10-6+. The van der Waals surface area contributed by atoms with Gasteiger partial charge in [-0.25, -0.2) is 4.98 Å². The highest BCUT2D eigenvalue weighted by molar-refractivity contribution is 9.15. The van der Waals surface area contributed by atoms with Crippen LogP contribution in [-0.4, -0.2) is 9.97 Å². The highest BCUT2D eigenvalue weighted by Gasteiger charge is 2.12. The zero-order valence-corrected chi connectivity index (χ0v) is 11.1. The molecule has 0 radical (unpaired) electrons. The van der Waals surface area contributed by atoms with E-state index in [2.05, 4.69) is 51.9 Å². The van der Waals surface area contributed by atoms with E-state index in [1.807, 2.05) is 12.3 Å². The van der Waals surface area contributed by atoms with Crippen LogP contribution in [0.1, 0.15) is 31.5 Å². The summed E-state index contributed by atoms with van der Waals surface area (Å²) in [7, 11) is 0. The predicted octanol–water partition coefficient (Wildman–Crippen LogP) is 4.27. The fourth-order valence-corrected chi connectivity index (χ4v) is 2.67. The van der Waals surface area contributed by atoms with Crippen LogP contribution in [0.15, 0.2) is 24.4 Å². The van der Waals surface area contributed by atoms with E-state index >= 15 is 0 Å². The van der Waals surface area contributed by atoms with E-state index in [1.54, 1.807) is 0 Å². The number of nitrogens with zero attached hydrogens (tertiary/aromatic N) is 1. The Kier molecular flexibility index (Phi) is 3.44. The van der Waals surface area contributed by atoms with Gasteiger partial charge in [-0.05, 0) is 25.0 Å². The van der Waals surface area contributed by atoms with Crippen molar-refractivity contribution in [1.82, 2.24) is 9.97 Å². The minimum absolute atomic E-state index is 0.968. The van der Waals surface area contributed by atoms with Crippen LogP contribution < -0.4 is 0 Å². The first-order valence-corrected chi connectivity index (χ1v) is 6.38. The molecule has 3 heteroatoms. The zero-order chi connectivity index (χ0) is 11.5. The van der Waals surface area contributed by atoms with Crippen molar-refractivity contribution in [2.24, 2.45) is 0 Å². The maximum Gasteiger partial charge on any atom is 0.138 e. The lowest BCUT2D eigenvalue weighted by Gasteiger charge is -2.01. The van der Waals surface area contributed by atoms with Gasteiger partial charge in [0.25, 0.3) is 0 Å². The van der Waals surface area contributed by atoms with E-state index in [-0.39, 0.29) is 0 Å². The monoisotopic (exact) mass is 278 g/mol. The topological polar surface area (TPSA) is 28.7 Å². The van der Waals surface area contributed by atoms with E-state index in [1.165, 1.54) is 16.6 Å². The Morgan fingerprint density at radius 3 is 3.00 bits per heavy atom. The molecule has 0 saturated carbocycles. The molecule has 0 atom stereocenters. The number of halogens is 1. The summed E-state index contributed by atoms with van der Waals surface area (Å²) >= 11 is 3.65. The van der Waals surface area contributed by atoms with Gasteiger partial charge in [0.05, 0.1) is 0 Å². The Morgan fingerprint density at radius 1 is 1.50 bits per heavy atom. The summed E-state index contributed by atoms with van der Waals surface area (Å²) in [5.41, 5.74) is 3.47. The highest BCUT2D eigenvalue weighted by atomic mass is 79.9. The second kappa shape index (κ2) is 4.83. The molecule has 0 aliphatic carbocycles. The van der Waals surface area contributed by atoms with E-state index < -0.39 is 0 Å². The molecular formula is C13H15BrN2. The van der Waals surface area contributed by atoms with Crippen molar-refractivity contribution in [2.75, 3.05) is 0 Å². The van der Waals surface area contributed by atoms with Gasteiger partial charge in [-0.15, -0.1) is 0 Å². The third kappa shape index (κ3) is 1.92. The molecule has 2 heterocycles. The number of rotatable bonds is 3. The van der Waals surface area contributed by atoms with Crippen molar-refractivity contribution < 1.29 is 0 Å². The summed E-state index contributed by atoms with van der Waals surface area (Å²) in [5.74, 6) is 0. The number of allylic oxidation sites excluding steroid dienone is 1. The second-order valence-electron chi connectivity index (χ2n) is 3.69. The number of H-pyrrole nitrogens is 1. The molecule has 1 N–H and O–H groups in total. The van der Waals surface area contributed by atoms with Gasteiger partial charge in [0.2, 0.25) is 0 Å². The van der Waals surface area contributed by atoms with Gasteiger partial charge in [-0.1, -0.05) is 35.9 Å². The van der Waals surface area contributed by atoms with Crippen LogP contribution in [0.2, 0.25) is 0 Å². The first-order chi connectivity index (χ1) is 7.77. The average Bonchev–Trinajstić information content (AvgIpc) is 2.67. The maximum absolute atomic E-state index is 4.35. The fraction of sp³-hybridized carbons (Fsp3) is 0.308. The number of aromatic amines is 1. The summed E-state index contributed by atoms with van der Waals surface area (Å²) in [6.45, 7) is 4.29. The van der Waals surface area contributed by atoms with Gasteiger partial charge in [0.15, 0.2) is 0 Å². The third-order valence-corrected chi connectivity index (χ3v) is 3.34. The third-order valence-electron chi connectivity index (χ3n) is 2.62. The molecule has 2 aromatic heterocycles. The van der Waals surface area contributed by atoms with Crippen LogP contribution in [0.3, 0.4) is 0 Å². The van der Waals surface area contributed by atoms with E-state index in [9.17, 15) is 0 Å². The van der Waals surface area contributed by atoms with Gasteiger partial charge in [0, 0.05) is 27.3 Å².